The fraction of sp³-hybridized carbons (Fsp3) is 0. The van der Waals surface area contributed by atoms with Crippen molar-refractivity contribution < 1.29 is 8.83 Å². The maximum absolute atomic E-state index is 6.65. The lowest BCUT2D eigenvalue weighted by molar-refractivity contribution is 0.663. The fourth-order valence-corrected chi connectivity index (χ4v) is 8.64. The van der Waals surface area contributed by atoms with Crippen LogP contribution in [0.2, 0.25) is 0 Å². The smallest absolute Gasteiger partial charge is 0.161 e. The van der Waals surface area contributed by atoms with Gasteiger partial charge in [0.25, 0.3) is 0 Å². The van der Waals surface area contributed by atoms with Crippen molar-refractivity contribution in [2.75, 3.05) is 0 Å². The minimum Gasteiger partial charge on any atom is -0.456 e. The number of benzene rings is 6. The zero-order chi connectivity index (χ0) is 31.3. The minimum atomic E-state index is 0.663. The molecule has 0 aliphatic heterocycles. The van der Waals surface area contributed by atoms with E-state index in [0.29, 0.717) is 5.82 Å². The largest absolute Gasteiger partial charge is 0.456 e. The molecule has 0 unspecified atom stereocenters. The molecule has 6 aromatic carbocycles. The summed E-state index contributed by atoms with van der Waals surface area (Å²) >= 11 is 1.77. The zero-order valence-electron chi connectivity index (χ0n) is 25.3. The van der Waals surface area contributed by atoms with Crippen molar-refractivity contribution in [2.24, 2.45) is 0 Å². The van der Waals surface area contributed by atoms with Gasteiger partial charge in [0.1, 0.15) is 27.8 Å². The molecule has 5 nitrogen and oxygen atoms in total. The molecule has 0 radical (unpaired) electrons. The number of furan rings is 2. The summed E-state index contributed by atoms with van der Waals surface area (Å²) in [5, 5.41) is 5.24. The second-order valence-corrected chi connectivity index (χ2v) is 13.1. The summed E-state index contributed by atoms with van der Waals surface area (Å²) < 4.78 is 17.5. The number of hydrogen-bond acceptors (Lipinski definition) is 5. The van der Waals surface area contributed by atoms with Crippen molar-refractivity contribution in [1.29, 1.82) is 0 Å². The SMILES string of the molecule is c1ccc(-c2nc(-c3cccc4oc5c(ccc6oc7ccccc7c65)c34)nc3c2sc2c4ccccc4n(-c4ccccc4)c32)cc1. The molecule has 11 rings (SSSR count). The highest BCUT2D eigenvalue weighted by atomic mass is 32.1. The predicted octanol–water partition coefficient (Wildman–Crippen LogP) is 11.9. The molecule has 0 saturated carbocycles. The number of aromatic nitrogens is 3. The van der Waals surface area contributed by atoms with Crippen LogP contribution in [0, 0.1) is 0 Å². The van der Waals surface area contributed by atoms with Gasteiger partial charge < -0.3 is 13.4 Å². The van der Waals surface area contributed by atoms with E-state index in [0.717, 1.165) is 87.6 Å². The molecule has 0 saturated heterocycles. The summed E-state index contributed by atoms with van der Waals surface area (Å²) in [6.45, 7) is 0. The van der Waals surface area contributed by atoms with Crippen LogP contribution in [0.3, 0.4) is 0 Å². The first-order valence-corrected chi connectivity index (χ1v) is 16.7. The molecule has 0 fully saturated rings. The summed E-state index contributed by atoms with van der Waals surface area (Å²) in [6.07, 6.45) is 0. The summed E-state index contributed by atoms with van der Waals surface area (Å²) in [4.78, 5) is 10.8. The Kier molecular flexibility index (Phi) is 5.20. The second-order valence-electron chi connectivity index (χ2n) is 12.1. The van der Waals surface area contributed by atoms with Crippen LogP contribution in [0.5, 0.6) is 0 Å². The normalized spacial score (nSPS) is 12.2. The highest BCUT2D eigenvalue weighted by molar-refractivity contribution is 7.27. The summed E-state index contributed by atoms with van der Waals surface area (Å²) in [5.41, 5.74) is 10.5. The summed E-state index contributed by atoms with van der Waals surface area (Å²) in [6, 6.07) is 48.1. The van der Waals surface area contributed by atoms with E-state index in [-0.39, 0.29) is 0 Å². The third kappa shape index (κ3) is 3.49. The van der Waals surface area contributed by atoms with E-state index in [2.05, 4.69) is 102 Å². The molecule has 11 aromatic rings. The topological polar surface area (TPSA) is 57.0 Å². The monoisotopic (exact) mass is 633 g/mol. The molecule has 5 heterocycles. The quantitative estimate of drug-likeness (QED) is 0.194. The lowest BCUT2D eigenvalue weighted by Crippen LogP contribution is -1.97. The van der Waals surface area contributed by atoms with Gasteiger partial charge in [0.15, 0.2) is 5.82 Å². The van der Waals surface area contributed by atoms with Crippen LogP contribution in [0.15, 0.2) is 148 Å². The maximum Gasteiger partial charge on any atom is 0.161 e. The predicted molar refractivity (Wildman–Crippen MR) is 197 cm³/mol. The van der Waals surface area contributed by atoms with Crippen LogP contribution in [-0.4, -0.2) is 14.5 Å². The van der Waals surface area contributed by atoms with Gasteiger partial charge in [-0.3, -0.25) is 0 Å². The Hall–Kier alpha value is -6.24. The average Bonchev–Trinajstić information content (AvgIpc) is 3.90. The number of hydrogen-bond donors (Lipinski definition) is 0. The Balaban J connectivity index is 1.28. The molecule has 0 spiro atoms. The van der Waals surface area contributed by atoms with Crippen molar-refractivity contribution in [3.05, 3.63) is 140 Å². The first-order chi connectivity index (χ1) is 23.8. The van der Waals surface area contributed by atoms with Crippen molar-refractivity contribution in [3.8, 4) is 28.3 Å². The van der Waals surface area contributed by atoms with Crippen molar-refractivity contribution >= 4 is 86.5 Å². The number of rotatable bonds is 3. The number of nitrogens with zero attached hydrogens (tertiary/aromatic N) is 3. The van der Waals surface area contributed by atoms with E-state index in [9.17, 15) is 0 Å². The lowest BCUT2D eigenvalue weighted by atomic mass is 10.0. The Morgan fingerprint density at radius 3 is 2.12 bits per heavy atom. The van der Waals surface area contributed by atoms with Crippen LogP contribution < -0.4 is 0 Å². The number of fused-ring (bicyclic) bond motifs is 12. The van der Waals surface area contributed by atoms with Gasteiger partial charge in [-0.25, -0.2) is 9.97 Å². The molecule has 48 heavy (non-hydrogen) atoms. The number of thiophene rings is 1. The van der Waals surface area contributed by atoms with E-state index in [1.165, 1.54) is 10.1 Å². The van der Waals surface area contributed by atoms with Crippen molar-refractivity contribution in [3.63, 3.8) is 0 Å². The van der Waals surface area contributed by atoms with Crippen molar-refractivity contribution in [1.82, 2.24) is 14.5 Å². The number of para-hydroxylation sites is 3. The molecule has 5 aromatic heterocycles. The van der Waals surface area contributed by atoms with Crippen molar-refractivity contribution in [2.45, 2.75) is 0 Å². The molecule has 0 amide bonds. The Bertz CT molecular complexity index is 3060. The summed E-state index contributed by atoms with van der Waals surface area (Å²) in [7, 11) is 0. The van der Waals surface area contributed by atoms with Gasteiger partial charge in [-0.1, -0.05) is 97.1 Å². The highest BCUT2D eigenvalue weighted by Crippen LogP contribution is 2.46. The molecule has 0 aliphatic carbocycles. The zero-order valence-corrected chi connectivity index (χ0v) is 26.2. The minimum absolute atomic E-state index is 0.663. The van der Waals surface area contributed by atoms with E-state index in [4.69, 9.17) is 18.8 Å². The lowest BCUT2D eigenvalue weighted by Gasteiger charge is -2.10. The fourth-order valence-electron chi connectivity index (χ4n) is 7.37. The van der Waals surface area contributed by atoms with Gasteiger partial charge in [-0.15, -0.1) is 11.3 Å². The van der Waals surface area contributed by atoms with Gasteiger partial charge in [0, 0.05) is 38.4 Å². The van der Waals surface area contributed by atoms with Crippen LogP contribution in [-0.2, 0) is 0 Å². The van der Waals surface area contributed by atoms with Crippen LogP contribution in [0.25, 0.3) is 104 Å². The molecular formula is C42H23N3O2S. The van der Waals surface area contributed by atoms with Gasteiger partial charge in [0.2, 0.25) is 0 Å². The molecule has 0 aliphatic rings. The Morgan fingerprint density at radius 1 is 0.521 bits per heavy atom. The molecule has 0 bridgehead atoms. The maximum atomic E-state index is 6.65. The molecule has 6 heteroatoms. The molecular weight excluding hydrogens is 611 g/mol. The van der Waals surface area contributed by atoms with E-state index in [1.54, 1.807) is 11.3 Å². The van der Waals surface area contributed by atoms with Gasteiger partial charge in [-0.05, 0) is 42.5 Å². The van der Waals surface area contributed by atoms with Gasteiger partial charge >= 0.3 is 0 Å². The first kappa shape index (κ1) is 25.9. The van der Waals surface area contributed by atoms with E-state index >= 15 is 0 Å². The standard InChI is InChI=1S/C42H23N3O2S/c1-3-12-24(13-4-1)36-41-37(38-40(48-41)26-16-7-9-19-30(26)45(38)25-14-5-2-6-15-25)44-42(43-36)29-18-11-21-32-34(29)28-22-23-33-35(39(28)47-32)27-17-8-10-20-31(27)46-33/h1-23H. The van der Waals surface area contributed by atoms with Gasteiger partial charge in [-0.2, -0.15) is 0 Å². The Morgan fingerprint density at radius 2 is 1.25 bits per heavy atom. The highest BCUT2D eigenvalue weighted by Gasteiger charge is 2.25. The van der Waals surface area contributed by atoms with Gasteiger partial charge in [0.05, 0.1) is 31.5 Å². The average molecular weight is 634 g/mol. The van der Waals surface area contributed by atoms with Crippen LogP contribution in [0.4, 0.5) is 0 Å². The third-order valence-electron chi connectivity index (χ3n) is 9.43. The second kappa shape index (κ2) is 9.64. The molecule has 0 atom stereocenters. The third-order valence-corrected chi connectivity index (χ3v) is 10.6. The van der Waals surface area contributed by atoms with E-state index in [1.807, 2.05) is 42.5 Å². The van der Waals surface area contributed by atoms with Crippen LogP contribution in [0.1, 0.15) is 0 Å². The van der Waals surface area contributed by atoms with E-state index < -0.39 is 0 Å². The molecule has 224 valence electrons. The summed E-state index contributed by atoms with van der Waals surface area (Å²) in [5.74, 6) is 0.663. The van der Waals surface area contributed by atoms with Crippen LogP contribution >= 0.6 is 11.3 Å². The molecule has 0 N–H and O–H groups in total. The first-order valence-electron chi connectivity index (χ1n) is 15.9. The Labute approximate surface area is 276 Å².